The monoisotopic (exact) mass is 401 g/mol. The number of aryl methyl sites for hydroxylation is 1. The fraction of sp³-hybridized carbons (Fsp3) is 0.238. The van der Waals surface area contributed by atoms with Crippen molar-refractivity contribution in [3.8, 4) is 0 Å². The predicted molar refractivity (Wildman–Crippen MR) is 107 cm³/mol. The maximum absolute atomic E-state index is 12.5. The van der Waals surface area contributed by atoms with E-state index in [-0.39, 0.29) is 12.4 Å². The quantitative estimate of drug-likeness (QED) is 0.579. The van der Waals surface area contributed by atoms with Crippen molar-refractivity contribution in [3.05, 3.63) is 64.4 Å². The van der Waals surface area contributed by atoms with E-state index in [1.807, 2.05) is 38.1 Å². The second kappa shape index (κ2) is 8.91. The van der Waals surface area contributed by atoms with Crippen LogP contribution in [0.2, 0.25) is 5.02 Å². The number of anilines is 1. The van der Waals surface area contributed by atoms with Crippen molar-refractivity contribution in [2.45, 2.75) is 20.5 Å². The number of hydrogen-bond donors (Lipinski definition) is 1. The molecular weight excluding hydrogens is 382 g/mol. The first-order valence-electron chi connectivity index (χ1n) is 8.81. The molecule has 0 spiro atoms. The van der Waals surface area contributed by atoms with Gasteiger partial charge in [-0.15, -0.1) is 0 Å². The zero-order chi connectivity index (χ0) is 20.1. The molecule has 28 heavy (non-hydrogen) atoms. The molecule has 3 rings (SSSR count). The molecule has 0 atom stereocenters. The van der Waals surface area contributed by atoms with Crippen LogP contribution in [0.5, 0.6) is 0 Å². The molecule has 1 N–H and O–H groups in total. The van der Waals surface area contributed by atoms with E-state index in [2.05, 4.69) is 5.32 Å². The van der Waals surface area contributed by atoms with Gasteiger partial charge in [0, 0.05) is 17.6 Å². The van der Waals surface area contributed by atoms with Gasteiger partial charge in [-0.1, -0.05) is 35.9 Å². The van der Waals surface area contributed by atoms with Crippen molar-refractivity contribution in [2.24, 2.45) is 0 Å². The summed E-state index contributed by atoms with van der Waals surface area (Å²) in [5.74, 6) is -1.19. The highest BCUT2D eigenvalue weighted by Gasteiger charge is 2.22. The van der Waals surface area contributed by atoms with Crippen LogP contribution < -0.4 is 5.32 Å². The molecule has 1 aromatic heterocycles. The minimum absolute atomic E-state index is 0.0378. The Bertz CT molecular complexity index is 1010. The zero-order valence-electron chi connectivity index (χ0n) is 15.6. The first-order chi connectivity index (χ1) is 13.5. The van der Waals surface area contributed by atoms with Crippen LogP contribution in [0, 0.1) is 6.92 Å². The number of rotatable bonds is 7. The van der Waals surface area contributed by atoms with Gasteiger partial charge < -0.3 is 19.2 Å². The highest BCUT2D eigenvalue weighted by molar-refractivity contribution is 6.33. The first kappa shape index (κ1) is 19.9. The SMILES string of the molecule is CCOCc1c(C(=O)OCC(=O)Nc2ccc(C)cc2Cl)oc2ccccc12. The number of nitrogens with one attached hydrogen (secondary N) is 1. The number of furan rings is 1. The van der Waals surface area contributed by atoms with Gasteiger partial charge in [0.05, 0.1) is 17.3 Å². The van der Waals surface area contributed by atoms with Crippen molar-refractivity contribution in [1.82, 2.24) is 0 Å². The van der Waals surface area contributed by atoms with Crippen molar-refractivity contribution in [2.75, 3.05) is 18.5 Å². The number of carbonyl (C=O) groups is 2. The molecule has 146 valence electrons. The zero-order valence-corrected chi connectivity index (χ0v) is 16.3. The minimum Gasteiger partial charge on any atom is -0.450 e. The van der Waals surface area contributed by atoms with Crippen molar-refractivity contribution in [3.63, 3.8) is 0 Å². The van der Waals surface area contributed by atoms with Gasteiger partial charge in [0.15, 0.2) is 6.61 Å². The Balaban J connectivity index is 1.69. The third-order valence-corrected chi connectivity index (χ3v) is 4.38. The van der Waals surface area contributed by atoms with Gasteiger partial charge in [0.25, 0.3) is 5.91 Å². The second-order valence-corrected chi connectivity index (χ2v) is 6.56. The number of hydrogen-bond acceptors (Lipinski definition) is 5. The second-order valence-electron chi connectivity index (χ2n) is 6.15. The Morgan fingerprint density at radius 1 is 1.18 bits per heavy atom. The van der Waals surface area contributed by atoms with Crippen molar-refractivity contribution in [1.29, 1.82) is 0 Å². The summed E-state index contributed by atoms with van der Waals surface area (Å²) in [6.07, 6.45) is 0. The molecule has 0 aliphatic carbocycles. The van der Waals surface area contributed by atoms with E-state index < -0.39 is 18.5 Å². The van der Waals surface area contributed by atoms with E-state index in [1.54, 1.807) is 18.2 Å². The van der Waals surface area contributed by atoms with E-state index in [9.17, 15) is 9.59 Å². The van der Waals surface area contributed by atoms with Crippen molar-refractivity contribution < 1.29 is 23.5 Å². The van der Waals surface area contributed by atoms with E-state index in [4.69, 9.17) is 25.5 Å². The number of halogens is 1. The van der Waals surface area contributed by atoms with Crippen LogP contribution in [-0.2, 0) is 20.9 Å². The number of fused-ring (bicyclic) bond motifs is 1. The molecule has 0 aliphatic rings. The number of amides is 1. The highest BCUT2D eigenvalue weighted by Crippen LogP contribution is 2.27. The van der Waals surface area contributed by atoms with Crippen LogP contribution >= 0.6 is 11.6 Å². The molecule has 1 amide bonds. The summed E-state index contributed by atoms with van der Waals surface area (Å²) in [6.45, 7) is 4.00. The van der Waals surface area contributed by atoms with Crippen LogP contribution in [-0.4, -0.2) is 25.1 Å². The van der Waals surface area contributed by atoms with Gasteiger partial charge in [0.1, 0.15) is 5.58 Å². The van der Waals surface area contributed by atoms with Crippen molar-refractivity contribution >= 4 is 40.1 Å². The number of ether oxygens (including phenoxy) is 2. The van der Waals surface area contributed by atoms with E-state index in [0.29, 0.717) is 28.5 Å². The molecule has 1 heterocycles. The average molecular weight is 402 g/mol. The van der Waals surface area contributed by atoms with E-state index in [0.717, 1.165) is 10.9 Å². The van der Waals surface area contributed by atoms with E-state index >= 15 is 0 Å². The molecule has 0 saturated heterocycles. The van der Waals surface area contributed by atoms with Crippen LogP contribution in [0.25, 0.3) is 11.0 Å². The highest BCUT2D eigenvalue weighted by atomic mass is 35.5. The lowest BCUT2D eigenvalue weighted by molar-refractivity contribution is -0.119. The van der Waals surface area contributed by atoms with Crippen LogP contribution in [0.15, 0.2) is 46.9 Å². The smallest absolute Gasteiger partial charge is 0.375 e. The largest absolute Gasteiger partial charge is 0.450 e. The number of carbonyl (C=O) groups excluding carboxylic acids is 2. The summed E-state index contributed by atoms with van der Waals surface area (Å²) in [7, 11) is 0. The van der Waals surface area contributed by atoms with Gasteiger partial charge in [-0.3, -0.25) is 4.79 Å². The summed E-state index contributed by atoms with van der Waals surface area (Å²) < 4.78 is 16.2. The third-order valence-electron chi connectivity index (χ3n) is 4.07. The lowest BCUT2D eigenvalue weighted by Crippen LogP contribution is -2.21. The molecule has 7 heteroatoms. The third kappa shape index (κ3) is 4.52. The molecule has 0 fully saturated rings. The Morgan fingerprint density at radius 2 is 1.96 bits per heavy atom. The van der Waals surface area contributed by atoms with Crippen LogP contribution in [0.4, 0.5) is 5.69 Å². The Morgan fingerprint density at radius 3 is 2.71 bits per heavy atom. The van der Waals surface area contributed by atoms with E-state index in [1.165, 1.54) is 0 Å². The molecule has 0 radical (unpaired) electrons. The molecule has 0 aliphatic heterocycles. The molecule has 0 unspecified atom stereocenters. The van der Waals surface area contributed by atoms with Gasteiger partial charge >= 0.3 is 5.97 Å². The summed E-state index contributed by atoms with van der Waals surface area (Å²) in [4.78, 5) is 24.6. The number of benzene rings is 2. The molecule has 3 aromatic rings. The number of esters is 1. The summed E-state index contributed by atoms with van der Waals surface area (Å²) >= 11 is 6.10. The molecule has 0 saturated carbocycles. The Hall–Kier alpha value is -2.83. The number of para-hydroxylation sites is 1. The summed E-state index contributed by atoms with van der Waals surface area (Å²) in [5, 5.41) is 3.81. The van der Waals surface area contributed by atoms with Crippen LogP contribution in [0.3, 0.4) is 0 Å². The maximum Gasteiger partial charge on any atom is 0.375 e. The lowest BCUT2D eigenvalue weighted by atomic mass is 10.1. The minimum atomic E-state index is -0.726. The summed E-state index contributed by atoms with van der Waals surface area (Å²) in [5.41, 5.74) is 2.58. The molecule has 6 nitrogen and oxygen atoms in total. The molecular formula is C21H20ClNO5. The maximum atomic E-state index is 12.5. The topological polar surface area (TPSA) is 77.8 Å². The Kier molecular flexibility index (Phi) is 6.34. The van der Waals surface area contributed by atoms with Crippen LogP contribution in [0.1, 0.15) is 28.6 Å². The average Bonchev–Trinajstić information content (AvgIpc) is 3.05. The predicted octanol–water partition coefficient (Wildman–Crippen LogP) is 4.73. The van der Waals surface area contributed by atoms with Gasteiger partial charge in [-0.25, -0.2) is 4.79 Å². The molecule has 2 aromatic carbocycles. The molecule has 0 bridgehead atoms. The first-order valence-corrected chi connectivity index (χ1v) is 9.18. The normalized spacial score (nSPS) is 10.8. The Labute approximate surface area is 167 Å². The fourth-order valence-corrected chi connectivity index (χ4v) is 3.00. The van der Waals surface area contributed by atoms with Gasteiger partial charge in [0.2, 0.25) is 5.76 Å². The van der Waals surface area contributed by atoms with Gasteiger partial charge in [-0.05, 0) is 37.6 Å². The fourth-order valence-electron chi connectivity index (χ4n) is 2.72. The van der Waals surface area contributed by atoms with Gasteiger partial charge in [-0.2, -0.15) is 0 Å². The standard InChI is InChI=1S/C21H20ClNO5/c1-3-26-11-15-14-6-4-5-7-18(14)28-20(15)21(25)27-12-19(24)23-17-9-8-13(2)10-16(17)22/h4-10H,3,11-12H2,1-2H3,(H,23,24). The summed E-state index contributed by atoms with van der Waals surface area (Å²) in [6, 6.07) is 12.5. The lowest BCUT2D eigenvalue weighted by Gasteiger charge is -2.08.